The fourth-order valence-electron chi connectivity index (χ4n) is 12.4. The van der Waals surface area contributed by atoms with E-state index in [1.165, 1.54) is 71.7 Å². The molecule has 0 saturated carbocycles. The maximum atomic E-state index is 6.45. The summed E-state index contributed by atoms with van der Waals surface area (Å²) in [5.74, 6) is 0. The van der Waals surface area contributed by atoms with Crippen LogP contribution in [0.2, 0.25) is 0 Å². The van der Waals surface area contributed by atoms with E-state index in [9.17, 15) is 0 Å². The van der Waals surface area contributed by atoms with Gasteiger partial charge >= 0.3 is 0 Å². The Bertz CT molecular complexity index is 4540. The van der Waals surface area contributed by atoms with Crippen LogP contribution in [0.25, 0.3) is 76.9 Å². The lowest BCUT2D eigenvalue weighted by atomic mass is 10.1. The normalized spacial score (nSPS) is 12.6. The molecule has 0 radical (unpaired) electrons. The molecule has 0 aliphatic rings. The number of furan rings is 1. The maximum Gasteiger partial charge on any atom is 0.135 e. The Labute approximate surface area is 450 Å². The van der Waals surface area contributed by atoms with E-state index in [1.807, 2.05) is 6.07 Å². The Balaban J connectivity index is 0.997. The Morgan fingerprint density at radius 2 is 0.662 bits per heavy atom. The third-order valence-corrected chi connectivity index (χ3v) is 23.3. The molecular weight excluding hydrogens is 973 g/mol. The number of aromatic nitrogens is 2. The summed E-state index contributed by atoms with van der Waals surface area (Å²) in [7, 11) is -4.12. The first-order chi connectivity index (χ1) is 38.2. The fourth-order valence-corrected chi connectivity index (χ4v) is 20.4. The molecule has 15 rings (SSSR count). The highest BCUT2D eigenvalue weighted by Gasteiger charge is 2.37. The first-order valence-corrected chi connectivity index (χ1v) is 29.5. The maximum absolute atomic E-state index is 6.45. The van der Waals surface area contributed by atoms with E-state index in [0.717, 1.165) is 44.3 Å². The Kier molecular flexibility index (Phi) is 10.7. The number of benzene rings is 12. The Morgan fingerprint density at radius 3 is 1.26 bits per heavy atom. The summed E-state index contributed by atoms with van der Waals surface area (Å²) in [5, 5.41) is 7.15. The monoisotopic (exact) mass is 1020 g/mol. The third kappa shape index (κ3) is 6.81. The summed E-state index contributed by atoms with van der Waals surface area (Å²) in [6, 6.07) is 113. The van der Waals surface area contributed by atoms with Crippen molar-refractivity contribution in [3.05, 3.63) is 303 Å². The van der Waals surface area contributed by atoms with E-state index in [-0.39, 0.29) is 0 Å². The number of nitrogens with zero attached hydrogens (tertiary/aromatic N) is 2. The summed E-state index contributed by atoms with van der Waals surface area (Å²) in [6.45, 7) is 0. The van der Waals surface area contributed by atoms with Gasteiger partial charge in [-0.3, -0.25) is 0 Å². The molecular formula is C72H50N2OS2. The van der Waals surface area contributed by atoms with Gasteiger partial charge in [-0.05, 0) is 140 Å². The molecule has 12 aromatic carbocycles. The first-order valence-electron chi connectivity index (χ1n) is 26.2. The van der Waals surface area contributed by atoms with E-state index < -0.39 is 20.1 Å². The molecule has 366 valence electrons. The molecule has 15 aromatic rings. The lowest BCUT2D eigenvalue weighted by Crippen LogP contribution is -2.06. The molecule has 3 heterocycles. The number of rotatable bonds is 10. The van der Waals surface area contributed by atoms with Gasteiger partial charge in [-0.1, -0.05) is 164 Å². The second-order valence-corrected chi connectivity index (χ2v) is 25.8. The van der Waals surface area contributed by atoms with Gasteiger partial charge in [0, 0.05) is 77.2 Å². The average molecular weight is 1020 g/mol. The van der Waals surface area contributed by atoms with Crippen molar-refractivity contribution in [2.24, 2.45) is 0 Å². The predicted octanol–water partition coefficient (Wildman–Crippen LogP) is 20.5. The van der Waals surface area contributed by atoms with Gasteiger partial charge in [0.2, 0.25) is 0 Å². The highest BCUT2D eigenvalue weighted by molar-refractivity contribution is 8.34. The molecule has 0 atom stereocenters. The molecule has 0 fully saturated rings. The summed E-state index contributed by atoms with van der Waals surface area (Å²) >= 11 is 0. The van der Waals surface area contributed by atoms with Gasteiger partial charge in [0.15, 0.2) is 0 Å². The van der Waals surface area contributed by atoms with Gasteiger partial charge in [0.1, 0.15) is 11.2 Å². The topological polar surface area (TPSA) is 23.0 Å². The van der Waals surface area contributed by atoms with Crippen molar-refractivity contribution in [2.45, 2.75) is 39.2 Å². The molecule has 0 saturated heterocycles. The quantitative estimate of drug-likeness (QED) is 0.134. The van der Waals surface area contributed by atoms with Crippen molar-refractivity contribution >= 4 is 85.6 Å². The number of para-hydroxylation sites is 3. The largest absolute Gasteiger partial charge is 0.456 e. The molecule has 3 aromatic heterocycles. The van der Waals surface area contributed by atoms with E-state index in [1.54, 1.807) is 0 Å². The van der Waals surface area contributed by atoms with Gasteiger partial charge < -0.3 is 13.6 Å². The van der Waals surface area contributed by atoms with Crippen LogP contribution < -0.4 is 0 Å². The number of fused-ring (bicyclic) bond motifs is 9. The number of hydrogen-bond donors (Lipinski definition) is 0. The van der Waals surface area contributed by atoms with Gasteiger partial charge in [-0.2, -0.15) is 0 Å². The standard InChI is InChI=1S/C72H50N2OS2/c1-6-26-52(27-7-1)76(53-28-8-2-9-29-53,58-47-48-69-62(50-58)59-37-18-21-45-68(59)75-69)57-36-22-25-51(49-57)73-63-40-19-16-38-60(63)71-65(73)42-23-43-66(71)74-64-41-20-17-39-61(64)72-67(74)44-24-46-70(72)77(54-30-10-3-11-31-54,55-32-12-4-13-33-55)56-34-14-5-15-35-56/h1-50H. The summed E-state index contributed by atoms with van der Waals surface area (Å²) in [5.41, 5.74) is 8.69. The van der Waals surface area contributed by atoms with Crippen molar-refractivity contribution in [2.75, 3.05) is 0 Å². The van der Waals surface area contributed by atoms with E-state index in [0.29, 0.717) is 0 Å². The smallest absolute Gasteiger partial charge is 0.135 e. The lowest BCUT2D eigenvalue weighted by Gasteiger charge is -2.42. The minimum atomic E-state index is -2.10. The zero-order valence-corrected chi connectivity index (χ0v) is 43.6. The van der Waals surface area contributed by atoms with Gasteiger partial charge in [0.05, 0.1) is 27.8 Å². The van der Waals surface area contributed by atoms with Crippen molar-refractivity contribution < 1.29 is 4.42 Å². The second kappa shape index (κ2) is 18.2. The van der Waals surface area contributed by atoms with Gasteiger partial charge in [0.25, 0.3) is 0 Å². The van der Waals surface area contributed by atoms with E-state index in [4.69, 9.17) is 4.42 Å². The van der Waals surface area contributed by atoms with Crippen LogP contribution in [-0.4, -0.2) is 9.13 Å². The highest BCUT2D eigenvalue weighted by Crippen LogP contribution is 2.76. The van der Waals surface area contributed by atoms with Crippen molar-refractivity contribution in [3.8, 4) is 11.4 Å². The third-order valence-electron chi connectivity index (χ3n) is 15.5. The first kappa shape index (κ1) is 45.2. The molecule has 5 heteroatoms. The Morgan fingerprint density at radius 1 is 0.247 bits per heavy atom. The molecule has 0 aliphatic heterocycles. The summed E-state index contributed by atoms with van der Waals surface area (Å²) in [4.78, 5) is 10.3. The van der Waals surface area contributed by atoms with Crippen LogP contribution in [0.3, 0.4) is 0 Å². The van der Waals surface area contributed by atoms with Crippen molar-refractivity contribution in [1.82, 2.24) is 9.13 Å². The molecule has 0 unspecified atom stereocenters. The molecule has 0 N–H and O–H groups in total. The van der Waals surface area contributed by atoms with Crippen molar-refractivity contribution in [1.29, 1.82) is 0 Å². The van der Waals surface area contributed by atoms with Gasteiger partial charge in [-0.25, -0.2) is 0 Å². The minimum Gasteiger partial charge on any atom is -0.456 e. The molecule has 3 nitrogen and oxygen atoms in total. The van der Waals surface area contributed by atoms with Crippen LogP contribution in [0.5, 0.6) is 0 Å². The average Bonchev–Trinajstić information content (AvgIpc) is 4.37. The number of hydrogen-bond acceptors (Lipinski definition) is 1. The van der Waals surface area contributed by atoms with Crippen LogP contribution in [0.15, 0.2) is 347 Å². The molecule has 0 bridgehead atoms. The van der Waals surface area contributed by atoms with E-state index >= 15 is 0 Å². The Hall–Kier alpha value is -9.26. The molecule has 77 heavy (non-hydrogen) atoms. The zero-order valence-electron chi connectivity index (χ0n) is 42.0. The summed E-state index contributed by atoms with van der Waals surface area (Å²) in [6.07, 6.45) is 0. The molecule has 0 aliphatic carbocycles. The minimum absolute atomic E-state index is 0.892. The van der Waals surface area contributed by atoms with Gasteiger partial charge in [-0.15, -0.1) is 20.1 Å². The second-order valence-electron chi connectivity index (χ2n) is 19.6. The predicted molar refractivity (Wildman–Crippen MR) is 322 cm³/mol. The van der Waals surface area contributed by atoms with E-state index in [2.05, 4.69) is 306 Å². The van der Waals surface area contributed by atoms with Crippen LogP contribution in [0, 0.1) is 0 Å². The van der Waals surface area contributed by atoms with Crippen LogP contribution in [0.1, 0.15) is 0 Å². The zero-order chi connectivity index (χ0) is 50.9. The lowest BCUT2D eigenvalue weighted by molar-refractivity contribution is 0.668. The van der Waals surface area contributed by atoms with Crippen LogP contribution in [-0.2, 0) is 0 Å². The highest BCUT2D eigenvalue weighted by atomic mass is 32.3. The molecule has 0 amide bonds. The SMILES string of the molecule is c1ccc(S(c2ccccc2)(c2cccc(-n3c4ccccc4c4c(-n5c6ccccc6c6c(S(c7ccccc7)(c7ccccc7)c7ccccc7)cccc65)cccc43)c2)c2ccc3oc4ccccc4c3c2)cc1. The van der Waals surface area contributed by atoms with Crippen molar-refractivity contribution in [3.63, 3.8) is 0 Å². The molecule has 0 spiro atoms. The fraction of sp³-hybridized carbons (Fsp3) is 0. The van der Waals surface area contributed by atoms with Crippen LogP contribution >= 0.6 is 20.1 Å². The summed E-state index contributed by atoms with van der Waals surface area (Å²) < 4.78 is 11.5. The van der Waals surface area contributed by atoms with Crippen LogP contribution in [0.4, 0.5) is 0 Å².